The summed E-state index contributed by atoms with van der Waals surface area (Å²) in [7, 11) is -3.52. The van der Waals surface area contributed by atoms with Crippen molar-refractivity contribution in [2.45, 2.75) is 19.4 Å². The lowest BCUT2D eigenvalue weighted by molar-refractivity contribution is 0.117. The normalized spacial score (nSPS) is 16.1. The first-order chi connectivity index (χ1) is 12.0. The first-order valence-electron chi connectivity index (χ1n) is 7.65. The smallest absolute Gasteiger partial charge is 0.229 e. The van der Waals surface area contributed by atoms with Gasteiger partial charge in [0.05, 0.1) is 17.0 Å². The van der Waals surface area contributed by atoms with Crippen molar-refractivity contribution in [3.8, 4) is 5.75 Å². The van der Waals surface area contributed by atoms with Crippen LogP contribution in [0.25, 0.3) is 5.57 Å². The predicted octanol–water partition coefficient (Wildman–Crippen LogP) is 4.75. The van der Waals surface area contributed by atoms with Gasteiger partial charge in [-0.15, -0.1) is 0 Å². The molecule has 4 nitrogen and oxygen atoms in total. The Balaban J connectivity index is 2.24. The van der Waals surface area contributed by atoms with E-state index in [1.807, 2.05) is 0 Å². The minimum absolute atomic E-state index is 0.110. The molecule has 1 heterocycles. The molecule has 2 aromatic rings. The predicted molar refractivity (Wildman–Crippen MR) is 98.2 cm³/mol. The van der Waals surface area contributed by atoms with Crippen LogP contribution in [0.15, 0.2) is 42.2 Å². The number of hydrogen-bond donors (Lipinski definition) is 1. The second-order valence-corrected chi connectivity index (χ2v) is 8.67. The standard InChI is InChI=1S/C18H16ClF2NO3S/c1-18(2)17(21)15(10-4-6-11(20)7-5-10)16-13(19)8-12(9-14(16)25-18)22-26(3,23)24/h4-9,22H,1-3H3. The highest BCUT2D eigenvalue weighted by Gasteiger charge is 2.37. The van der Waals surface area contributed by atoms with Gasteiger partial charge in [-0.2, -0.15) is 0 Å². The number of fused-ring (bicyclic) bond motifs is 1. The van der Waals surface area contributed by atoms with Crippen LogP contribution in [0, 0.1) is 5.82 Å². The molecule has 138 valence electrons. The van der Waals surface area contributed by atoms with E-state index >= 15 is 4.39 Å². The van der Waals surface area contributed by atoms with Gasteiger partial charge in [-0.3, -0.25) is 4.72 Å². The number of nitrogens with one attached hydrogen (secondary N) is 1. The Bertz CT molecular complexity index is 1020. The lowest BCUT2D eigenvalue weighted by Crippen LogP contribution is -2.33. The number of anilines is 1. The molecule has 0 atom stereocenters. The molecule has 8 heteroatoms. The average molecular weight is 400 g/mol. The molecule has 3 rings (SSSR count). The number of halogens is 3. The third-order valence-corrected chi connectivity index (χ3v) is 4.76. The Kier molecular flexibility index (Phi) is 4.48. The van der Waals surface area contributed by atoms with Gasteiger partial charge in [0.2, 0.25) is 10.0 Å². The van der Waals surface area contributed by atoms with Crippen LogP contribution < -0.4 is 9.46 Å². The van der Waals surface area contributed by atoms with Gasteiger partial charge in [0.15, 0.2) is 11.4 Å². The van der Waals surface area contributed by atoms with Crippen molar-refractivity contribution in [3.05, 3.63) is 64.2 Å². The van der Waals surface area contributed by atoms with E-state index in [9.17, 15) is 12.8 Å². The Morgan fingerprint density at radius 2 is 1.73 bits per heavy atom. The molecular weight excluding hydrogens is 384 g/mol. The van der Waals surface area contributed by atoms with Gasteiger partial charge in [0.1, 0.15) is 11.6 Å². The summed E-state index contributed by atoms with van der Waals surface area (Å²) < 4.78 is 59.4. The van der Waals surface area contributed by atoms with E-state index in [0.717, 1.165) is 6.26 Å². The first-order valence-corrected chi connectivity index (χ1v) is 9.92. The molecule has 0 aliphatic carbocycles. The van der Waals surface area contributed by atoms with Crippen LogP contribution in [0.3, 0.4) is 0 Å². The van der Waals surface area contributed by atoms with Crippen molar-refractivity contribution in [2.75, 3.05) is 11.0 Å². The number of rotatable bonds is 3. The van der Waals surface area contributed by atoms with Crippen molar-refractivity contribution in [3.63, 3.8) is 0 Å². The first kappa shape index (κ1) is 18.7. The Labute approximate surface area is 155 Å². The van der Waals surface area contributed by atoms with Crippen LogP contribution in [0.1, 0.15) is 25.0 Å². The van der Waals surface area contributed by atoms with E-state index in [-0.39, 0.29) is 27.6 Å². The van der Waals surface area contributed by atoms with E-state index in [2.05, 4.69) is 4.72 Å². The minimum Gasteiger partial charge on any atom is -0.480 e. The van der Waals surface area contributed by atoms with Gasteiger partial charge in [0.25, 0.3) is 0 Å². The summed E-state index contributed by atoms with van der Waals surface area (Å²) in [6, 6.07) is 8.18. The van der Waals surface area contributed by atoms with Gasteiger partial charge in [-0.1, -0.05) is 23.7 Å². The fourth-order valence-electron chi connectivity index (χ4n) is 2.80. The van der Waals surface area contributed by atoms with Gasteiger partial charge in [0, 0.05) is 17.2 Å². The molecule has 0 fully saturated rings. The molecule has 1 N–H and O–H groups in total. The highest BCUT2D eigenvalue weighted by molar-refractivity contribution is 7.92. The van der Waals surface area contributed by atoms with E-state index in [1.54, 1.807) is 13.8 Å². The number of hydrogen-bond acceptors (Lipinski definition) is 3. The maximum atomic E-state index is 15.1. The lowest BCUT2D eigenvalue weighted by atomic mass is 9.88. The minimum atomic E-state index is -3.52. The molecule has 0 saturated heterocycles. The lowest BCUT2D eigenvalue weighted by Gasteiger charge is -2.34. The molecule has 1 aliphatic rings. The van der Waals surface area contributed by atoms with Crippen molar-refractivity contribution in [2.24, 2.45) is 0 Å². The average Bonchev–Trinajstić information content (AvgIpc) is 2.48. The molecule has 1 aliphatic heterocycles. The highest BCUT2D eigenvalue weighted by Crippen LogP contribution is 2.48. The van der Waals surface area contributed by atoms with Gasteiger partial charge >= 0.3 is 0 Å². The topological polar surface area (TPSA) is 55.4 Å². The maximum Gasteiger partial charge on any atom is 0.229 e. The van der Waals surface area contributed by atoms with E-state index in [4.69, 9.17) is 16.3 Å². The quantitative estimate of drug-likeness (QED) is 0.810. The molecule has 0 radical (unpaired) electrons. The second-order valence-electron chi connectivity index (χ2n) is 6.51. The van der Waals surface area contributed by atoms with Crippen LogP contribution in [0.2, 0.25) is 5.02 Å². The van der Waals surface area contributed by atoms with Crippen LogP contribution in [-0.2, 0) is 10.0 Å². The largest absolute Gasteiger partial charge is 0.480 e. The maximum absolute atomic E-state index is 15.1. The molecule has 0 unspecified atom stereocenters. The SMILES string of the molecule is CC1(C)Oc2cc(NS(C)(=O)=O)cc(Cl)c2C(c2ccc(F)cc2)=C1F. The van der Waals surface area contributed by atoms with Gasteiger partial charge in [-0.25, -0.2) is 17.2 Å². The molecule has 0 spiro atoms. The Morgan fingerprint density at radius 1 is 1.12 bits per heavy atom. The zero-order valence-corrected chi connectivity index (χ0v) is 15.8. The molecule has 0 bridgehead atoms. The zero-order valence-electron chi connectivity index (χ0n) is 14.2. The Hall–Kier alpha value is -2.12. The molecule has 0 amide bonds. The summed E-state index contributed by atoms with van der Waals surface area (Å²) >= 11 is 6.32. The van der Waals surface area contributed by atoms with Crippen LogP contribution in [-0.4, -0.2) is 20.3 Å². The third-order valence-electron chi connectivity index (χ3n) is 3.85. The summed E-state index contributed by atoms with van der Waals surface area (Å²) in [5.74, 6) is -0.767. The van der Waals surface area contributed by atoms with Crippen LogP contribution in [0.4, 0.5) is 14.5 Å². The van der Waals surface area contributed by atoms with Crippen LogP contribution >= 0.6 is 11.6 Å². The van der Waals surface area contributed by atoms with E-state index in [1.165, 1.54) is 36.4 Å². The third kappa shape index (κ3) is 3.54. The number of benzene rings is 2. The van der Waals surface area contributed by atoms with Gasteiger partial charge in [-0.05, 0) is 37.6 Å². The van der Waals surface area contributed by atoms with Crippen molar-refractivity contribution >= 4 is 32.9 Å². The summed E-state index contributed by atoms with van der Waals surface area (Å²) in [6.07, 6.45) is 1.01. The van der Waals surface area contributed by atoms with Crippen molar-refractivity contribution in [1.82, 2.24) is 0 Å². The summed E-state index contributed by atoms with van der Waals surface area (Å²) in [4.78, 5) is 0. The zero-order chi connectivity index (χ0) is 19.3. The van der Waals surface area contributed by atoms with Crippen molar-refractivity contribution < 1.29 is 21.9 Å². The number of sulfonamides is 1. The molecular formula is C18H16ClF2NO3S. The molecule has 0 aromatic heterocycles. The summed E-state index contributed by atoms with van der Waals surface area (Å²) in [6.45, 7) is 3.08. The molecule has 26 heavy (non-hydrogen) atoms. The van der Waals surface area contributed by atoms with E-state index < -0.39 is 27.3 Å². The molecule has 2 aromatic carbocycles. The fraction of sp³-hybridized carbons (Fsp3) is 0.222. The van der Waals surface area contributed by atoms with Crippen LogP contribution in [0.5, 0.6) is 5.75 Å². The van der Waals surface area contributed by atoms with Gasteiger partial charge < -0.3 is 4.74 Å². The molecule has 0 saturated carbocycles. The van der Waals surface area contributed by atoms with Crippen molar-refractivity contribution in [1.29, 1.82) is 0 Å². The summed E-state index contributed by atoms with van der Waals surface area (Å²) in [5.41, 5.74) is -0.189. The number of ether oxygens (including phenoxy) is 1. The fourth-order valence-corrected chi connectivity index (χ4v) is 3.65. The second kappa shape index (κ2) is 6.25. The van der Waals surface area contributed by atoms with E-state index in [0.29, 0.717) is 5.56 Å². The Morgan fingerprint density at radius 3 is 2.31 bits per heavy atom. The summed E-state index contributed by atoms with van der Waals surface area (Å²) in [5, 5.41) is 0.110. The monoisotopic (exact) mass is 399 g/mol. The highest BCUT2D eigenvalue weighted by atomic mass is 35.5.